The summed E-state index contributed by atoms with van der Waals surface area (Å²) < 4.78 is 12.0. The van der Waals surface area contributed by atoms with Gasteiger partial charge in [0.2, 0.25) is 0 Å². The number of fused-ring (bicyclic) bond motifs is 2. The molecule has 0 unspecified atom stereocenters. The van der Waals surface area contributed by atoms with E-state index >= 15 is 0 Å². The second-order valence-corrected chi connectivity index (χ2v) is 6.44. The van der Waals surface area contributed by atoms with Gasteiger partial charge in [-0.05, 0) is 29.5 Å². The van der Waals surface area contributed by atoms with Gasteiger partial charge >= 0.3 is 17.7 Å². The van der Waals surface area contributed by atoms with Gasteiger partial charge in [0, 0.05) is 25.7 Å². The highest BCUT2D eigenvalue weighted by atomic mass is 35.5. The number of methoxy groups -OCH3 is 1. The normalized spacial score (nSPS) is 10.7. The maximum absolute atomic E-state index is 11.4. The maximum Gasteiger partial charge on any atom is 0.419 e. The van der Waals surface area contributed by atoms with Crippen LogP contribution in [0.1, 0.15) is 26.5 Å². The number of aromatic carboxylic acids is 1. The van der Waals surface area contributed by atoms with Gasteiger partial charge in [0.15, 0.2) is 22.6 Å². The topological polar surface area (TPSA) is 161 Å². The number of oxazole rings is 1. The lowest BCUT2D eigenvalue weighted by Gasteiger charge is -2.04. The SMILES string of the molecule is COC(=O)c1cc(C(=O)O)nc2cc(=O)[nH]n12.Cn1c(=O)oc2ccc(CNCl)cc21. The Labute approximate surface area is 177 Å². The summed E-state index contributed by atoms with van der Waals surface area (Å²) in [6.07, 6.45) is 0. The van der Waals surface area contributed by atoms with Gasteiger partial charge in [-0.25, -0.2) is 28.7 Å². The summed E-state index contributed by atoms with van der Waals surface area (Å²) >= 11 is 5.39. The lowest BCUT2D eigenvalue weighted by Crippen LogP contribution is -2.14. The molecule has 31 heavy (non-hydrogen) atoms. The average molecular weight is 450 g/mol. The molecule has 0 amide bonds. The lowest BCUT2D eigenvalue weighted by atomic mass is 10.2. The highest BCUT2D eigenvalue weighted by Crippen LogP contribution is 2.14. The van der Waals surface area contributed by atoms with Gasteiger partial charge in [-0.2, -0.15) is 0 Å². The molecule has 0 atom stereocenters. The molecule has 1 aromatic carbocycles. The van der Waals surface area contributed by atoms with Crippen LogP contribution in [0.4, 0.5) is 0 Å². The summed E-state index contributed by atoms with van der Waals surface area (Å²) in [4.78, 5) is 50.7. The van der Waals surface area contributed by atoms with Gasteiger partial charge in [-0.15, -0.1) is 0 Å². The fourth-order valence-corrected chi connectivity index (χ4v) is 2.88. The lowest BCUT2D eigenvalue weighted by molar-refractivity contribution is 0.0590. The molecule has 0 radical (unpaired) electrons. The Kier molecular flexibility index (Phi) is 6.22. The molecule has 0 spiro atoms. The van der Waals surface area contributed by atoms with Crippen LogP contribution in [0.2, 0.25) is 0 Å². The predicted octanol–water partition coefficient (Wildman–Crippen LogP) is 0.882. The molecule has 0 bridgehead atoms. The third-order valence-corrected chi connectivity index (χ3v) is 4.33. The smallest absolute Gasteiger partial charge is 0.419 e. The number of benzene rings is 1. The number of rotatable bonds is 4. The number of carboxylic acid groups (broad SMARTS) is 1. The Morgan fingerprint density at radius 2 is 2.03 bits per heavy atom. The van der Waals surface area contributed by atoms with Crippen molar-refractivity contribution in [1.82, 2.24) is 24.0 Å². The summed E-state index contributed by atoms with van der Waals surface area (Å²) in [5, 5.41) is 11.1. The third-order valence-electron chi connectivity index (χ3n) is 4.20. The van der Waals surface area contributed by atoms with Crippen molar-refractivity contribution < 1.29 is 23.8 Å². The molecule has 0 saturated heterocycles. The number of halogens is 1. The number of nitrogens with zero attached hydrogens (tertiary/aromatic N) is 3. The Balaban J connectivity index is 0.000000179. The molecule has 0 fully saturated rings. The molecular weight excluding hydrogens is 434 g/mol. The standard InChI is InChI=1S/C9H9ClN2O2.C9H7N3O5/c1-12-7-4-6(5-11-10)2-3-8(7)14-9(12)13;1-17-9(16)5-2-4(8(14)15)10-6-3-7(13)11-12(5)6/h2-4,11H,5H2,1H3;2-3H,1H3,(H,11,13)(H,14,15). The van der Waals surface area contributed by atoms with Gasteiger partial charge in [-0.3, -0.25) is 14.5 Å². The van der Waals surface area contributed by atoms with E-state index in [0.717, 1.165) is 34.8 Å². The molecule has 13 heteroatoms. The number of H-pyrrole nitrogens is 1. The molecular formula is C18H16ClN5O7. The number of carbonyl (C=O) groups is 2. The van der Waals surface area contributed by atoms with Crippen LogP contribution in [0.3, 0.4) is 0 Å². The van der Waals surface area contributed by atoms with E-state index in [4.69, 9.17) is 21.3 Å². The van der Waals surface area contributed by atoms with Crippen molar-refractivity contribution >= 4 is 40.5 Å². The van der Waals surface area contributed by atoms with Crippen molar-refractivity contribution in [2.75, 3.05) is 7.11 Å². The molecule has 3 aromatic heterocycles. The molecule has 0 saturated carbocycles. The van der Waals surface area contributed by atoms with E-state index < -0.39 is 17.5 Å². The fraction of sp³-hybridized carbons (Fsp3) is 0.167. The number of aromatic nitrogens is 4. The summed E-state index contributed by atoms with van der Waals surface area (Å²) in [6.45, 7) is 0.552. The number of ether oxygens (including phenoxy) is 1. The van der Waals surface area contributed by atoms with Crippen LogP contribution >= 0.6 is 11.8 Å². The zero-order chi connectivity index (χ0) is 22.7. The first-order chi connectivity index (χ1) is 14.7. The maximum atomic E-state index is 11.4. The Hall–Kier alpha value is -3.90. The summed E-state index contributed by atoms with van der Waals surface area (Å²) in [5.74, 6) is -2.42. The highest BCUT2D eigenvalue weighted by Gasteiger charge is 2.17. The number of hydrogen-bond acceptors (Lipinski definition) is 8. The number of carboxylic acids is 1. The number of aryl methyl sites for hydroxylation is 1. The number of esters is 1. The minimum atomic E-state index is -1.30. The van der Waals surface area contributed by atoms with E-state index in [1.165, 1.54) is 4.57 Å². The van der Waals surface area contributed by atoms with E-state index in [-0.39, 0.29) is 22.8 Å². The molecule has 0 aliphatic carbocycles. The molecule has 4 rings (SSSR count). The molecule has 4 aromatic rings. The van der Waals surface area contributed by atoms with Crippen molar-refractivity contribution in [1.29, 1.82) is 0 Å². The van der Waals surface area contributed by atoms with Crippen molar-refractivity contribution in [3.8, 4) is 0 Å². The zero-order valence-corrected chi connectivity index (χ0v) is 17.0. The van der Waals surface area contributed by atoms with Gasteiger partial charge in [0.1, 0.15) is 0 Å². The molecule has 3 heterocycles. The van der Waals surface area contributed by atoms with Gasteiger partial charge in [0.25, 0.3) is 5.56 Å². The van der Waals surface area contributed by atoms with E-state index in [2.05, 4.69) is 19.7 Å². The molecule has 3 N–H and O–H groups in total. The highest BCUT2D eigenvalue weighted by molar-refractivity contribution is 6.13. The molecule has 0 aliphatic rings. The van der Waals surface area contributed by atoms with Crippen LogP contribution in [0, 0.1) is 0 Å². The monoisotopic (exact) mass is 449 g/mol. The first-order valence-electron chi connectivity index (χ1n) is 8.61. The van der Waals surface area contributed by atoms with Crippen molar-refractivity contribution in [3.05, 3.63) is 68.2 Å². The first kappa shape index (κ1) is 21.8. The number of nitrogens with one attached hydrogen (secondary N) is 2. The third kappa shape index (κ3) is 4.49. The van der Waals surface area contributed by atoms with Crippen LogP contribution < -0.4 is 16.2 Å². The number of hydrogen-bond donors (Lipinski definition) is 3. The van der Waals surface area contributed by atoms with Crippen molar-refractivity contribution in [2.45, 2.75) is 6.54 Å². The molecule has 12 nitrogen and oxygen atoms in total. The Morgan fingerprint density at radius 3 is 2.68 bits per heavy atom. The van der Waals surface area contributed by atoms with Crippen molar-refractivity contribution in [2.24, 2.45) is 7.05 Å². The van der Waals surface area contributed by atoms with Gasteiger partial charge < -0.3 is 14.3 Å². The fourth-order valence-electron chi connectivity index (χ4n) is 2.72. The minimum absolute atomic E-state index is 0.0373. The van der Waals surface area contributed by atoms with Crippen molar-refractivity contribution in [3.63, 3.8) is 0 Å². The second kappa shape index (κ2) is 8.85. The molecule has 162 valence electrons. The van der Waals surface area contributed by atoms with Crippen LogP contribution in [0.25, 0.3) is 16.7 Å². The van der Waals surface area contributed by atoms with E-state index in [1.807, 2.05) is 12.1 Å². The quantitative estimate of drug-likeness (QED) is 0.303. The van der Waals surface area contributed by atoms with E-state index in [0.29, 0.717) is 12.1 Å². The molecule has 0 aliphatic heterocycles. The first-order valence-corrected chi connectivity index (χ1v) is 8.99. The Morgan fingerprint density at radius 1 is 1.29 bits per heavy atom. The second-order valence-electron chi connectivity index (χ2n) is 6.18. The van der Waals surface area contributed by atoms with Gasteiger partial charge in [-0.1, -0.05) is 6.07 Å². The number of aromatic amines is 1. The van der Waals surface area contributed by atoms with Gasteiger partial charge in [0.05, 0.1) is 12.6 Å². The summed E-state index contributed by atoms with van der Waals surface area (Å²) in [7, 11) is 2.82. The zero-order valence-electron chi connectivity index (χ0n) is 16.2. The van der Waals surface area contributed by atoms with E-state index in [9.17, 15) is 19.2 Å². The van der Waals surface area contributed by atoms with Crippen LogP contribution in [-0.4, -0.2) is 43.3 Å². The van der Waals surface area contributed by atoms with Crippen LogP contribution in [-0.2, 0) is 18.3 Å². The Bertz CT molecular complexity index is 1400. The van der Waals surface area contributed by atoms with E-state index in [1.54, 1.807) is 13.1 Å². The number of carbonyl (C=O) groups excluding carboxylic acids is 1. The minimum Gasteiger partial charge on any atom is -0.477 e. The summed E-state index contributed by atoms with van der Waals surface area (Å²) in [5.41, 5.74) is 1.46. The summed E-state index contributed by atoms with van der Waals surface area (Å²) in [6, 6.07) is 7.60. The average Bonchev–Trinajstić information content (AvgIpc) is 3.26. The van der Waals surface area contributed by atoms with Crippen LogP contribution in [0.15, 0.2) is 44.3 Å². The largest absolute Gasteiger partial charge is 0.477 e. The predicted molar refractivity (Wildman–Crippen MR) is 108 cm³/mol. The van der Waals surface area contributed by atoms with Crippen LogP contribution in [0.5, 0.6) is 0 Å².